The van der Waals surface area contributed by atoms with E-state index in [0.717, 1.165) is 55.0 Å². The minimum atomic E-state index is -5.08. The topological polar surface area (TPSA) is 163 Å². The minimum Gasteiger partial charge on any atom is -0.545 e. The van der Waals surface area contributed by atoms with Crippen molar-refractivity contribution in [1.29, 1.82) is 0 Å². The fraction of sp³-hybridized carbons (Fsp3) is 0.257. The van der Waals surface area contributed by atoms with E-state index in [-0.39, 0.29) is 24.2 Å². The van der Waals surface area contributed by atoms with Crippen LogP contribution in [0.2, 0.25) is 0 Å². The number of carboxylic acid groups (broad SMARTS) is 2. The number of carbonyl (C=O) groups excluding carboxylic acids is 4. The minimum absolute atomic E-state index is 0.0224. The zero-order valence-corrected chi connectivity index (χ0v) is 26.3. The standard InChI is InChI=1S/C33H28N4O6.C2HF3O2/c38-29-9-10-30(39)37(29)16-11-34-32(40)20-3-6-23(33(41)42)26(17-20)31-24-7-4-21(35-12-1-13-35)18-27(24)43-28-19-22(5-8-25(28)31)36-14-2-15-36;3-2(4,5)1(6)7/h3-10,17-19H,1-2,11-16H2,(H-,34,40,41,42);(H,6,7). The first-order valence-electron chi connectivity index (χ1n) is 15.6. The van der Waals surface area contributed by atoms with E-state index in [1.165, 1.54) is 24.3 Å². The number of halogens is 3. The smallest absolute Gasteiger partial charge is 0.490 e. The molecule has 5 aliphatic rings. The molecule has 2 N–H and O–H groups in total. The summed E-state index contributed by atoms with van der Waals surface area (Å²) >= 11 is 0. The summed E-state index contributed by atoms with van der Waals surface area (Å²) in [6, 6.07) is 16.2. The van der Waals surface area contributed by atoms with Gasteiger partial charge in [0.1, 0.15) is 24.4 Å². The van der Waals surface area contributed by atoms with Gasteiger partial charge in [0.25, 0.3) is 17.7 Å². The van der Waals surface area contributed by atoms with E-state index in [9.17, 15) is 37.5 Å². The van der Waals surface area contributed by atoms with E-state index in [1.54, 1.807) is 6.07 Å². The van der Waals surface area contributed by atoms with Gasteiger partial charge in [0.05, 0.1) is 18.5 Å². The van der Waals surface area contributed by atoms with Gasteiger partial charge in [0.2, 0.25) is 5.36 Å². The molecule has 12 nitrogen and oxygen atoms in total. The second-order valence-electron chi connectivity index (χ2n) is 11.8. The molecule has 0 radical (unpaired) electrons. The lowest BCUT2D eigenvalue weighted by Gasteiger charge is -2.33. The van der Waals surface area contributed by atoms with E-state index < -0.39 is 35.8 Å². The Morgan fingerprint density at radius 3 is 2.20 bits per heavy atom. The SMILES string of the molecule is O=C(NCCN1C(=O)C=CC1=O)c1ccc(C(=O)[O-])c(-c2c3ccc(=[N+]4CCC4)cc-3oc3cc(N4CCC4)ccc23)c1.O=C(O)C(F)(F)F. The van der Waals surface area contributed by atoms with Crippen molar-refractivity contribution in [2.45, 2.75) is 19.0 Å². The van der Waals surface area contributed by atoms with Crippen LogP contribution in [0.25, 0.3) is 33.4 Å². The molecule has 258 valence electrons. The van der Waals surface area contributed by atoms with Crippen molar-refractivity contribution in [3.05, 3.63) is 83.2 Å². The van der Waals surface area contributed by atoms with Crippen LogP contribution < -0.4 is 25.3 Å². The van der Waals surface area contributed by atoms with E-state index in [2.05, 4.69) is 14.8 Å². The molecular weight excluding hydrogens is 661 g/mol. The van der Waals surface area contributed by atoms with Crippen LogP contribution in [-0.4, -0.2) is 85.1 Å². The fourth-order valence-corrected chi connectivity index (χ4v) is 5.81. The highest BCUT2D eigenvalue weighted by molar-refractivity contribution is 6.13. The molecule has 2 fully saturated rings. The number of anilines is 1. The Hall–Kier alpha value is -5.99. The fourth-order valence-electron chi connectivity index (χ4n) is 5.81. The van der Waals surface area contributed by atoms with Crippen molar-refractivity contribution in [2.24, 2.45) is 0 Å². The predicted molar refractivity (Wildman–Crippen MR) is 171 cm³/mol. The molecule has 2 aromatic carbocycles. The number of fused-ring (bicyclic) bond motifs is 2. The van der Waals surface area contributed by atoms with Crippen molar-refractivity contribution in [1.82, 2.24) is 14.8 Å². The molecule has 0 bridgehead atoms. The molecule has 2 saturated heterocycles. The lowest BCUT2D eigenvalue weighted by Crippen LogP contribution is -2.40. The highest BCUT2D eigenvalue weighted by Crippen LogP contribution is 2.42. The number of aromatic carboxylic acids is 1. The molecule has 4 heterocycles. The van der Waals surface area contributed by atoms with Gasteiger partial charge in [0.15, 0.2) is 0 Å². The third-order valence-corrected chi connectivity index (χ3v) is 8.67. The maximum absolute atomic E-state index is 13.2. The summed E-state index contributed by atoms with van der Waals surface area (Å²) in [5.74, 6) is -4.83. The Morgan fingerprint density at radius 2 is 1.62 bits per heavy atom. The largest absolute Gasteiger partial charge is 0.545 e. The Labute approximate surface area is 281 Å². The highest BCUT2D eigenvalue weighted by atomic mass is 19.4. The van der Waals surface area contributed by atoms with Gasteiger partial charge in [-0.15, -0.1) is 0 Å². The Bertz CT molecular complexity index is 2110. The lowest BCUT2D eigenvalue weighted by atomic mass is 9.89. The molecule has 0 saturated carbocycles. The van der Waals surface area contributed by atoms with Crippen molar-refractivity contribution in [2.75, 3.05) is 44.2 Å². The number of aliphatic carboxylic acids is 1. The summed E-state index contributed by atoms with van der Waals surface area (Å²) in [5, 5.41) is 24.0. The number of benzene rings is 3. The van der Waals surface area contributed by atoms with E-state index in [0.29, 0.717) is 33.4 Å². The molecule has 2 aromatic rings. The number of nitrogens with one attached hydrogen (secondary N) is 1. The molecule has 3 amide bonds. The molecular formula is C35H29F3N4O8. The Morgan fingerprint density at radius 1 is 0.920 bits per heavy atom. The molecule has 0 aromatic heterocycles. The number of carboxylic acids is 2. The zero-order chi connectivity index (χ0) is 35.7. The van der Waals surface area contributed by atoms with Crippen LogP contribution in [0, 0.1) is 0 Å². The second kappa shape index (κ2) is 13.5. The van der Waals surface area contributed by atoms with Gasteiger partial charge in [-0.1, -0.05) is 6.07 Å². The van der Waals surface area contributed by atoms with Gasteiger partial charge in [0, 0.05) is 83.8 Å². The van der Waals surface area contributed by atoms with Crippen LogP contribution in [0.1, 0.15) is 33.6 Å². The van der Waals surface area contributed by atoms with Gasteiger partial charge in [-0.25, -0.2) is 9.37 Å². The Kier molecular flexibility index (Phi) is 9.15. The number of alkyl halides is 3. The van der Waals surface area contributed by atoms with E-state index in [4.69, 9.17) is 14.3 Å². The molecule has 0 spiro atoms. The van der Waals surface area contributed by atoms with Crippen molar-refractivity contribution >= 4 is 46.3 Å². The van der Waals surface area contributed by atoms with E-state index >= 15 is 0 Å². The first-order valence-corrected chi connectivity index (χ1v) is 15.6. The molecule has 4 aliphatic heterocycles. The van der Waals surface area contributed by atoms with E-state index in [1.807, 2.05) is 36.4 Å². The molecule has 15 heteroatoms. The average molecular weight is 691 g/mol. The second-order valence-corrected chi connectivity index (χ2v) is 11.8. The van der Waals surface area contributed by atoms with Crippen LogP contribution in [0.5, 0.6) is 0 Å². The molecule has 0 unspecified atom stereocenters. The summed E-state index contributed by atoms with van der Waals surface area (Å²) in [5.41, 5.74) is 3.50. The van der Waals surface area contributed by atoms with Crippen molar-refractivity contribution in [3.63, 3.8) is 0 Å². The third kappa shape index (κ3) is 6.79. The molecule has 1 aliphatic carbocycles. The van der Waals surface area contributed by atoms with Crippen LogP contribution in [-0.2, 0) is 14.4 Å². The number of amides is 3. The summed E-state index contributed by atoms with van der Waals surface area (Å²) in [4.78, 5) is 61.4. The van der Waals surface area contributed by atoms with Crippen LogP contribution in [0.3, 0.4) is 0 Å². The molecule has 7 rings (SSSR count). The summed E-state index contributed by atoms with van der Waals surface area (Å²) in [7, 11) is 0. The maximum Gasteiger partial charge on any atom is 0.490 e. The molecule has 50 heavy (non-hydrogen) atoms. The summed E-state index contributed by atoms with van der Waals surface area (Å²) in [6.45, 7) is 3.93. The number of hydrogen-bond acceptors (Lipinski definition) is 8. The summed E-state index contributed by atoms with van der Waals surface area (Å²) in [6.07, 6.45) is -0.449. The number of nitrogens with zero attached hydrogens (tertiary/aromatic N) is 3. The van der Waals surface area contributed by atoms with Gasteiger partial charge in [-0.2, -0.15) is 13.2 Å². The first kappa shape index (κ1) is 33.9. The first-order chi connectivity index (χ1) is 23.8. The normalized spacial score (nSPS) is 15.5. The average Bonchev–Trinajstić information content (AvgIpc) is 3.33. The number of carbonyl (C=O) groups is 5. The Balaban J connectivity index is 0.000000561. The number of imide groups is 1. The maximum atomic E-state index is 13.2. The van der Waals surface area contributed by atoms with Gasteiger partial charge < -0.3 is 29.6 Å². The summed E-state index contributed by atoms with van der Waals surface area (Å²) < 4.78 is 40.5. The number of hydrogen-bond donors (Lipinski definition) is 2. The van der Waals surface area contributed by atoms with Gasteiger partial charge in [-0.3, -0.25) is 19.3 Å². The van der Waals surface area contributed by atoms with Crippen molar-refractivity contribution in [3.8, 4) is 22.5 Å². The number of rotatable bonds is 7. The van der Waals surface area contributed by atoms with Gasteiger partial charge >= 0.3 is 12.1 Å². The third-order valence-electron chi connectivity index (χ3n) is 8.67. The quantitative estimate of drug-likeness (QED) is 0.168. The van der Waals surface area contributed by atoms with Crippen molar-refractivity contribution < 1.29 is 51.8 Å². The van der Waals surface area contributed by atoms with Crippen LogP contribution in [0.15, 0.2) is 71.2 Å². The van der Waals surface area contributed by atoms with Gasteiger partial charge in [-0.05, 0) is 42.3 Å². The van der Waals surface area contributed by atoms with Crippen LogP contribution >= 0.6 is 0 Å². The predicted octanol–water partition coefficient (Wildman–Crippen LogP) is 2.24. The molecule has 0 atom stereocenters. The lowest BCUT2D eigenvalue weighted by molar-refractivity contribution is -0.255. The highest BCUT2D eigenvalue weighted by Gasteiger charge is 2.38. The monoisotopic (exact) mass is 690 g/mol. The van der Waals surface area contributed by atoms with Crippen LogP contribution in [0.4, 0.5) is 18.9 Å². The zero-order valence-electron chi connectivity index (χ0n) is 26.3.